The van der Waals surface area contributed by atoms with Crippen molar-refractivity contribution in [3.8, 4) is 5.75 Å². The molecule has 146 valence electrons. The van der Waals surface area contributed by atoms with Crippen LogP contribution in [0.5, 0.6) is 5.75 Å². The minimum atomic E-state index is -3.74. The number of amides is 1. The van der Waals surface area contributed by atoms with Crippen molar-refractivity contribution >= 4 is 37.5 Å². The molecule has 1 N–H and O–H groups in total. The second-order valence-electron chi connectivity index (χ2n) is 6.41. The van der Waals surface area contributed by atoms with Crippen LogP contribution in [0.2, 0.25) is 0 Å². The number of aryl methyl sites for hydroxylation is 1. The average Bonchev–Trinajstić information content (AvgIpc) is 2.57. The van der Waals surface area contributed by atoms with E-state index in [0.717, 1.165) is 20.1 Å². The fourth-order valence-corrected chi connectivity index (χ4v) is 3.78. The number of nitrogens with zero attached hydrogens (tertiary/aromatic N) is 1. The summed E-state index contributed by atoms with van der Waals surface area (Å²) in [5.74, 6) is 0.300. The Labute approximate surface area is 168 Å². The van der Waals surface area contributed by atoms with E-state index in [1.807, 2.05) is 26.8 Å². The summed E-state index contributed by atoms with van der Waals surface area (Å²) in [7, 11) is -2.36. The number of ether oxygens (including phenoxy) is 1. The van der Waals surface area contributed by atoms with Gasteiger partial charge in [0.15, 0.2) is 0 Å². The first kappa shape index (κ1) is 21.4. The average molecular weight is 455 g/mol. The molecular weight excluding hydrogens is 432 g/mol. The highest BCUT2D eigenvalue weighted by Gasteiger charge is 2.23. The van der Waals surface area contributed by atoms with Crippen molar-refractivity contribution < 1.29 is 17.9 Å². The fourth-order valence-electron chi connectivity index (χ4n) is 2.39. The summed E-state index contributed by atoms with van der Waals surface area (Å²) in [5.41, 5.74) is 1.45. The van der Waals surface area contributed by atoms with Crippen LogP contribution in [0.3, 0.4) is 0 Å². The highest BCUT2D eigenvalue weighted by molar-refractivity contribution is 9.10. The van der Waals surface area contributed by atoms with Gasteiger partial charge in [0.25, 0.3) is 0 Å². The van der Waals surface area contributed by atoms with Crippen LogP contribution in [0, 0.1) is 6.92 Å². The molecule has 6 nitrogen and oxygen atoms in total. The first-order chi connectivity index (χ1) is 12.6. The van der Waals surface area contributed by atoms with Crippen molar-refractivity contribution in [2.24, 2.45) is 0 Å². The van der Waals surface area contributed by atoms with Crippen molar-refractivity contribution in [1.82, 2.24) is 4.31 Å². The minimum absolute atomic E-state index is 0.0577. The zero-order chi connectivity index (χ0) is 20.2. The van der Waals surface area contributed by atoms with Gasteiger partial charge in [-0.15, -0.1) is 0 Å². The number of hydrogen-bond donors (Lipinski definition) is 1. The SMILES string of the molecule is Cc1cc(OC(C)C)ccc1NC(=O)CN(C)S(=O)(=O)c1ccc(Br)cc1. The molecule has 0 saturated carbocycles. The number of carbonyl (C=O) groups excluding carboxylic acids is 1. The van der Waals surface area contributed by atoms with Gasteiger partial charge in [-0.25, -0.2) is 8.42 Å². The molecule has 0 fully saturated rings. The van der Waals surface area contributed by atoms with Crippen LogP contribution in [0.1, 0.15) is 19.4 Å². The van der Waals surface area contributed by atoms with Crippen LogP contribution >= 0.6 is 15.9 Å². The zero-order valence-electron chi connectivity index (χ0n) is 15.7. The lowest BCUT2D eigenvalue weighted by Crippen LogP contribution is -2.35. The summed E-state index contributed by atoms with van der Waals surface area (Å²) >= 11 is 3.27. The van der Waals surface area contributed by atoms with Crippen molar-refractivity contribution in [2.45, 2.75) is 31.8 Å². The van der Waals surface area contributed by atoms with Crippen LogP contribution in [0.4, 0.5) is 5.69 Å². The molecule has 27 heavy (non-hydrogen) atoms. The van der Waals surface area contributed by atoms with Gasteiger partial charge in [-0.3, -0.25) is 4.79 Å². The summed E-state index contributed by atoms with van der Waals surface area (Å²) in [4.78, 5) is 12.4. The summed E-state index contributed by atoms with van der Waals surface area (Å²) in [6.45, 7) is 5.44. The first-order valence-electron chi connectivity index (χ1n) is 8.38. The van der Waals surface area contributed by atoms with Gasteiger partial charge in [0, 0.05) is 17.2 Å². The molecule has 0 aliphatic heterocycles. The predicted octanol–water partition coefficient (Wildman–Crippen LogP) is 3.80. The van der Waals surface area contributed by atoms with E-state index in [2.05, 4.69) is 21.2 Å². The molecule has 0 heterocycles. The maximum Gasteiger partial charge on any atom is 0.243 e. The largest absolute Gasteiger partial charge is 0.491 e. The van der Waals surface area contributed by atoms with E-state index in [0.29, 0.717) is 5.69 Å². The number of rotatable bonds is 7. The van der Waals surface area contributed by atoms with E-state index in [-0.39, 0.29) is 17.5 Å². The second-order valence-corrected chi connectivity index (χ2v) is 9.37. The van der Waals surface area contributed by atoms with E-state index in [9.17, 15) is 13.2 Å². The van der Waals surface area contributed by atoms with Gasteiger partial charge in [0.2, 0.25) is 15.9 Å². The maximum absolute atomic E-state index is 12.6. The molecule has 2 aromatic carbocycles. The molecule has 0 aliphatic carbocycles. The molecule has 0 saturated heterocycles. The molecular formula is C19H23BrN2O4S. The van der Waals surface area contributed by atoms with Gasteiger partial charge >= 0.3 is 0 Å². The van der Waals surface area contributed by atoms with Gasteiger partial charge in [0.1, 0.15) is 5.75 Å². The highest BCUT2D eigenvalue weighted by atomic mass is 79.9. The van der Waals surface area contributed by atoms with Crippen molar-refractivity contribution in [3.05, 3.63) is 52.5 Å². The number of sulfonamides is 1. The Hall–Kier alpha value is -1.90. The Morgan fingerprint density at radius 1 is 1.19 bits per heavy atom. The van der Waals surface area contributed by atoms with Crippen LogP contribution in [0.15, 0.2) is 51.8 Å². The van der Waals surface area contributed by atoms with Crippen LogP contribution in [0.25, 0.3) is 0 Å². The molecule has 0 unspecified atom stereocenters. The van der Waals surface area contributed by atoms with Gasteiger partial charge in [-0.2, -0.15) is 4.31 Å². The molecule has 0 aromatic heterocycles. The standard InChI is InChI=1S/C19H23BrN2O4S/c1-13(2)26-16-7-10-18(14(3)11-16)21-19(23)12-22(4)27(24,25)17-8-5-15(20)6-9-17/h5-11,13H,12H2,1-4H3,(H,21,23). The topological polar surface area (TPSA) is 75.7 Å². The Morgan fingerprint density at radius 2 is 1.81 bits per heavy atom. The van der Waals surface area contributed by atoms with Crippen LogP contribution in [-0.4, -0.2) is 38.3 Å². The van der Waals surface area contributed by atoms with Crippen molar-refractivity contribution in [3.63, 3.8) is 0 Å². The zero-order valence-corrected chi connectivity index (χ0v) is 18.1. The molecule has 0 radical (unpaired) electrons. The van der Waals surface area contributed by atoms with Crippen LogP contribution < -0.4 is 10.1 Å². The fraction of sp³-hybridized carbons (Fsp3) is 0.316. The van der Waals surface area contributed by atoms with Crippen molar-refractivity contribution in [1.29, 1.82) is 0 Å². The van der Waals surface area contributed by atoms with Gasteiger partial charge < -0.3 is 10.1 Å². The van der Waals surface area contributed by atoms with Crippen LogP contribution in [-0.2, 0) is 14.8 Å². The smallest absolute Gasteiger partial charge is 0.243 e. The molecule has 0 spiro atoms. The van der Waals surface area contributed by atoms with Gasteiger partial charge in [-0.05, 0) is 68.8 Å². The quantitative estimate of drug-likeness (QED) is 0.689. The first-order valence-corrected chi connectivity index (χ1v) is 10.6. The molecule has 0 aliphatic rings. The summed E-state index contributed by atoms with van der Waals surface area (Å²) in [6, 6.07) is 11.6. The third-order valence-corrected chi connectivity index (χ3v) is 6.08. The Bertz CT molecular complexity index is 912. The van der Waals surface area contributed by atoms with Crippen molar-refractivity contribution in [2.75, 3.05) is 18.9 Å². The number of nitrogens with one attached hydrogen (secondary N) is 1. The highest BCUT2D eigenvalue weighted by Crippen LogP contribution is 2.23. The molecule has 2 aromatic rings. The van der Waals surface area contributed by atoms with E-state index in [1.165, 1.54) is 19.2 Å². The lowest BCUT2D eigenvalue weighted by atomic mass is 10.2. The Morgan fingerprint density at radius 3 is 2.37 bits per heavy atom. The second kappa shape index (κ2) is 8.86. The molecule has 2 rings (SSSR count). The minimum Gasteiger partial charge on any atom is -0.491 e. The Balaban J connectivity index is 2.05. The predicted molar refractivity (Wildman–Crippen MR) is 110 cm³/mol. The molecule has 0 bridgehead atoms. The third kappa shape index (κ3) is 5.79. The number of likely N-dealkylation sites (N-methyl/N-ethyl adjacent to an activating group) is 1. The van der Waals surface area contributed by atoms with Gasteiger partial charge in [-0.1, -0.05) is 15.9 Å². The maximum atomic E-state index is 12.6. The lowest BCUT2D eigenvalue weighted by Gasteiger charge is -2.18. The van der Waals surface area contributed by atoms with E-state index in [4.69, 9.17) is 4.74 Å². The number of anilines is 1. The molecule has 1 amide bonds. The third-order valence-electron chi connectivity index (χ3n) is 3.73. The summed E-state index contributed by atoms with van der Waals surface area (Å²) < 4.78 is 32.5. The molecule has 8 heteroatoms. The number of benzene rings is 2. The monoisotopic (exact) mass is 454 g/mol. The van der Waals surface area contributed by atoms with E-state index < -0.39 is 15.9 Å². The normalized spacial score (nSPS) is 11.7. The lowest BCUT2D eigenvalue weighted by molar-refractivity contribution is -0.116. The van der Waals surface area contributed by atoms with E-state index >= 15 is 0 Å². The summed E-state index contributed by atoms with van der Waals surface area (Å²) in [5, 5.41) is 2.75. The van der Waals surface area contributed by atoms with E-state index in [1.54, 1.807) is 24.3 Å². The molecule has 0 atom stereocenters. The number of carbonyl (C=O) groups is 1. The summed E-state index contributed by atoms with van der Waals surface area (Å²) in [6.07, 6.45) is 0.0577. The van der Waals surface area contributed by atoms with Gasteiger partial charge in [0.05, 0.1) is 17.5 Å². The Kier molecular flexibility index (Phi) is 7.02. The number of hydrogen-bond acceptors (Lipinski definition) is 4. The number of halogens is 1.